The fraction of sp³-hybridized carbons (Fsp3) is 0.667. The minimum atomic E-state index is 0.466. The number of hydrogen-bond donors (Lipinski definition) is 0. The fourth-order valence-corrected chi connectivity index (χ4v) is 1.41. The van der Waals surface area contributed by atoms with Gasteiger partial charge in [0.05, 0.1) is 0 Å². The maximum Gasteiger partial charge on any atom is 0.202 e. The molecule has 0 aromatic heterocycles. The van der Waals surface area contributed by atoms with Crippen molar-refractivity contribution < 1.29 is 4.79 Å². The van der Waals surface area contributed by atoms with E-state index >= 15 is 0 Å². The van der Waals surface area contributed by atoms with Gasteiger partial charge in [-0.05, 0) is 38.5 Å². The van der Waals surface area contributed by atoms with E-state index in [9.17, 15) is 4.79 Å². The van der Waals surface area contributed by atoms with Crippen LogP contribution in [0.5, 0.6) is 0 Å². The average molecular weight is 221 g/mol. The van der Waals surface area contributed by atoms with Gasteiger partial charge in [-0.3, -0.25) is 4.79 Å². The lowest BCUT2D eigenvalue weighted by Crippen LogP contribution is -1.84. The Labute approximate surface area is 101 Å². The summed E-state index contributed by atoms with van der Waals surface area (Å²) >= 11 is 0. The fourth-order valence-electron chi connectivity index (χ4n) is 1.41. The summed E-state index contributed by atoms with van der Waals surface area (Å²) in [6.07, 6.45) is 15.1. The Bertz CT molecular complexity index is 226. The first-order chi connectivity index (χ1) is 7.70. The molecule has 0 amide bonds. The number of allylic oxidation sites excluding steroid dienone is 4. The largest absolute Gasteiger partial charge is 0.291 e. The van der Waals surface area contributed by atoms with Crippen LogP contribution in [0.4, 0.5) is 0 Å². The Balaban J connectivity index is 3.43. The lowest BCUT2D eigenvalue weighted by molar-refractivity contribution is 0.555. The lowest BCUT2D eigenvalue weighted by atomic mass is 10.1. The molecule has 0 aliphatic carbocycles. The normalized spacial score (nSPS) is 14.3. The number of rotatable bonds is 9. The highest BCUT2D eigenvalue weighted by Gasteiger charge is 1.91. The van der Waals surface area contributed by atoms with E-state index in [1.54, 1.807) is 0 Å². The Hall–Kier alpha value is -0.850. The third-order valence-electron chi connectivity index (χ3n) is 2.78. The van der Waals surface area contributed by atoms with Crippen LogP contribution in [-0.4, -0.2) is 6.29 Å². The van der Waals surface area contributed by atoms with Crippen molar-refractivity contribution in [2.75, 3.05) is 0 Å². The molecule has 0 aromatic rings. The summed E-state index contributed by atoms with van der Waals surface area (Å²) in [7, 11) is 0. The van der Waals surface area contributed by atoms with Crippen molar-refractivity contribution in [3.05, 3.63) is 23.8 Å². The Morgan fingerprint density at radius 3 is 2.62 bits per heavy atom. The van der Waals surface area contributed by atoms with Crippen LogP contribution in [0.1, 0.15) is 59.3 Å². The summed E-state index contributed by atoms with van der Waals surface area (Å²) in [4.78, 5) is 10.1. The molecule has 0 saturated heterocycles. The molecular formula is C15H25O. The van der Waals surface area contributed by atoms with Crippen molar-refractivity contribution in [1.82, 2.24) is 0 Å². The average Bonchev–Trinajstić information content (AvgIpc) is 2.27. The van der Waals surface area contributed by atoms with Gasteiger partial charge in [0.2, 0.25) is 6.29 Å². The molecule has 0 saturated carbocycles. The molecule has 1 nitrogen and oxygen atoms in total. The molecule has 0 aliphatic heterocycles. The van der Waals surface area contributed by atoms with E-state index in [-0.39, 0.29) is 0 Å². The van der Waals surface area contributed by atoms with Crippen LogP contribution in [-0.2, 0) is 4.79 Å². The van der Waals surface area contributed by atoms with Crippen LogP contribution >= 0.6 is 0 Å². The lowest BCUT2D eigenvalue weighted by Gasteiger charge is -1.99. The maximum absolute atomic E-state index is 10.1. The SMILES string of the molecule is CCC(C)C=CCCCCC=C(C)C[C]=O. The van der Waals surface area contributed by atoms with Crippen LogP contribution in [0, 0.1) is 5.92 Å². The minimum Gasteiger partial charge on any atom is -0.291 e. The van der Waals surface area contributed by atoms with Crippen molar-refractivity contribution in [2.45, 2.75) is 59.3 Å². The topological polar surface area (TPSA) is 17.1 Å². The van der Waals surface area contributed by atoms with E-state index < -0.39 is 0 Å². The molecule has 0 bridgehead atoms. The summed E-state index contributed by atoms with van der Waals surface area (Å²) in [5, 5.41) is 0. The van der Waals surface area contributed by atoms with Gasteiger partial charge in [0.1, 0.15) is 0 Å². The molecule has 0 aliphatic rings. The first-order valence-electron chi connectivity index (χ1n) is 6.38. The quantitative estimate of drug-likeness (QED) is 0.411. The zero-order valence-corrected chi connectivity index (χ0v) is 11.0. The van der Waals surface area contributed by atoms with Gasteiger partial charge < -0.3 is 0 Å². The van der Waals surface area contributed by atoms with Gasteiger partial charge in [0.15, 0.2) is 0 Å². The predicted molar refractivity (Wildman–Crippen MR) is 71.1 cm³/mol. The molecule has 91 valence electrons. The molecule has 1 unspecified atom stereocenters. The third kappa shape index (κ3) is 9.70. The molecule has 1 heteroatoms. The standard InChI is InChI=1S/C15H25O/c1-4-14(2)10-8-6-5-7-9-11-15(3)12-13-16/h8,10-11,14H,4-7,9,12H2,1-3H3. The second-order valence-corrected chi connectivity index (χ2v) is 4.47. The first-order valence-corrected chi connectivity index (χ1v) is 6.38. The van der Waals surface area contributed by atoms with Crippen molar-refractivity contribution in [2.24, 2.45) is 5.92 Å². The van der Waals surface area contributed by atoms with E-state index in [4.69, 9.17) is 0 Å². The molecule has 0 N–H and O–H groups in total. The van der Waals surface area contributed by atoms with Gasteiger partial charge >= 0.3 is 0 Å². The van der Waals surface area contributed by atoms with E-state index in [1.807, 2.05) is 13.2 Å². The monoisotopic (exact) mass is 221 g/mol. The second kappa shape index (κ2) is 10.7. The first kappa shape index (κ1) is 15.2. The van der Waals surface area contributed by atoms with Gasteiger partial charge in [-0.1, -0.05) is 44.1 Å². The van der Waals surface area contributed by atoms with Gasteiger partial charge in [-0.25, -0.2) is 0 Å². The van der Waals surface area contributed by atoms with Crippen LogP contribution in [0.15, 0.2) is 23.8 Å². The Kier molecular flexibility index (Phi) is 10.1. The van der Waals surface area contributed by atoms with Gasteiger partial charge in [0, 0.05) is 6.42 Å². The molecule has 1 radical (unpaired) electrons. The predicted octanol–water partition coefficient (Wildman–Crippen LogP) is 4.60. The summed E-state index contributed by atoms with van der Waals surface area (Å²) in [5.41, 5.74) is 1.14. The summed E-state index contributed by atoms with van der Waals surface area (Å²) < 4.78 is 0. The molecule has 0 aromatic carbocycles. The summed E-state index contributed by atoms with van der Waals surface area (Å²) in [5.74, 6) is 0.713. The summed E-state index contributed by atoms with van der Waals surface area (Å²) in [6, 6.07) is 0. The second-order valence-electron chi connectivity index (χ2n) is 4.47. The molecule has 0 rings (SSSR count). The van der Waals surface area contributed by atoms with Gasteiger partial charge in [-0.15, -0.1) is 0 Å². The highest BCUT2D eigenvalue weighted by Crippen LogP contribution is 2.08. The smallest absolute Gasteiger partial charge is 0.202 e. The zero-order valence-electron chi connectivity index (χ0n) is 11.0. The Morgan fingerprint density at radius 2 is 2.00 bits per heavy atom. The van der Waals surface area contributed by atoms with Gasteiger partial charge in [-0.2, -0.15) is 0 Å². The molecule has 1 atom stereocenters. The van der Waals surface area contributed by atoms with Crippen molar-refractivity contribution in [3.63, 3.8) is 0 Å². The third-order valence-corrected chi connectivity index (χ3v) is 2.78. The van der Waals surface area contributed by atoms with Crippen molar-refractivity contribution >= 4 is 6.29 Å². The highest BCUT2D eigenvalue weighted by molar-refractivity contribution is 5.54. The highest BCUT2D eigenvalue weighted by atomic mass is 16.1. The van der Waals surface area contributed by atoms with Crippen LogP contribution in [0.3, 0.4) is 0 Å². The van der Waals surface area contributed by atoms with Crippen molar-refractivity contribution in [3.8, 4) is 0 Å². The molecule has 0 spiro atoms. The van der Waals surface area contributed by atoms with Crippen molar-refractivity contribution in [1.29, 1.82) is 0 Å². The zero-order chi connectivity index (χ0) is 12.2. The number of carbonyl (C=O) groups excluding carboxylic acids is 1. The van der Waals surface area contributed by atoms with Crippen LogP contribution in [0.2, 0.25) is 0 Å². The van der Waals surface area contributed by atoms with E-state index in [0.29, 0.717) is 12.3 Å². The van der Waals surface area contributed by atoms with E-state index in [2.05, 4.69) is 32.1 Å². The molecule has 0 heterocycles. The van der Waals surface area contributed by atoms with Crippen LogP contribution < -0.4 is 0 Å². The molecule has 0 fully saturated rings. The Morgan fingerprint density at radius 1 is 1.31 bits per heavy atom. The van der Waals surface area contributed by atoms with E-state index in [1.165, 1.54) is 25.7 Å². The number of hydrogen-bond acceptors (Lipinski definition) is 1. The minimum absolute atomic E-state index is 0.466. The number of unbranched alkanes of at least 4 members (excludes halogenated alkanes) is 3. The van der Waals surface area contributed by atoms with E-state index in [0.717, 1.165) is 12.0 Å². The molecular weight excluding hydrogens is 196 g/mol. The van der Waals surface area contributed by atoms with Gasteiger partial charge in [0.25, 0.3) is 0 Å². The van der Waals surface area contributed by atoms with Crippen LogP contribution in [0.25, 0.3) is 0 Å². The molecule has 16 heavy (non-hydrogen) atoms. The summed E-state index contributed by atoms with van der Waals surface area (Å²) in [6.45, 7) is 6.46. The maximum atomic E-state index is 10.1.